The number of benzene rings is 1. The van der Waals surface area contributed by atoms with Crippen molar-refractivity contribution in [2.24, 2.45) is 0 Å². The van der Waals surface area contributed by atoms with Crippen LogP contribution in [0.15, 0.2) is 29.2 Å². The molecule has 3 rings (SSSR count). The highest BCUT2D eigenvalue weighted by atomic mass is 32.2. The zero-order chi connectivity index (χ0) is 17.2. The number of hydrogen-bond acceptors (Lipinski definition) is 6. The standard InChI is InChI=1S/C17H26N2O3S2/c1-12-3-6-14(23-12)11-22-17-10-18-9-16(19-17)13-4-7-15(8-5-13)24(2,20)21/h4-5,7-8,12,14,16-19H,3,6,9-11H2,1-2H3. The van der Waals surface area contributed by atoms with Crippen molar-refractivity contribution in [2.45, 2.75) is 47.4 Å². The Labute approximate surface area is 148 Å². The van der Waals surface area contributed by atoms with Crippen LogP contribution in [0.5, 0.6) is 0 Å². The van der Waals surface area contributed by atoms with Gasteiger partial charge in [-0.2, -0.15) is 11.8 Å². The minimum Gasteiger partial charge on any atom is -0.361 e. The number of sulfone groups is 1. The second kappa shape index (κ2) is 7.74. The second-order valence-corrected chi connectivity index (χ2v) is 10.4. The molecule has 1 aromatic rings. The van der Waals surface area contributed by atoms with Crippen molar-refractivity contribution in [3.63, 3.8) is 0 Å². The average Bonchev–Trinajstić information content (AvgIpc) is 2.98. The van der Waals surface area contributed by atoms with E-state index in [1.807, 2.05) is 23.9 Å². The number of rotatable bonds is 5. The fourth-order valence-electron chi connectivity index (χ4n) is 3.20. The lowest BCUT2D eigenvalue weighted by Gasteiger charge is -2.32. The molecular weight excluding hydrogens is 344 g/mol. The molecule has 0 amide bonds. The molecule has 4 atom stereocenters. The van der Waals surface area contributed by atoms with E-state index >= 15 is 0 Å². The summed E-state index contributed by atoms with van der Waals surface area (Å²) in [6.45, 7) is 4.67. The summed E-state index contributed by atoms with van der Waals surface area (Å²) in [5.41, 5.74) is 1.08. The normalized spacial score (nSPS) is 31.2. The smallest absolute Gasteiger partial charge is 0.175 e. The molecular formula is C17H26N2O3S2. The summed E-state index contributed by atoms with van der Waals surface area (Å²) in [5.74, 6) is 0. The zero-order valence-electron chi connectivity index (χ0n) is 14.2. The number of nitrogens with one attached hydrogen (secondary N) is 2. The van der Waals surface area contributed by atoms with E-state index < -0.39 is 9.84 Å². The summed E-state index contributed by atoms with van der Waals surface area (Å²) >= 11 is 2.03. The summed E-state index contributed by atoms with van der Waals surface area (Å²) in [4.78, 5) is 0.357. The van der Waals surface area contributed by atoms with Gasteiger partial charge >= 0.3 is 0 Å². The van der Waals surface area contributed by atoms with Gasteiger partial charge in [0.2, 0.25) is 0 Å². The first kappa shape index (κ1) is 18.2. The lowest BCUT2D eigenvalue weighted by atomic mass is 10.1. The highest BCUT2D eigenvalue weighted by Crippen LogP contribution is 2.33. The Hall–Kier alpha value is -0.600. The van der Waals surface area contributed by atoms with Crippen LogP contribution in [0.2, 0.25) is 0 Å². The maximum absolute atomic E-state index is 11.6. The Balaban J connectivity index is 1.55. The van der Waals surface area contributed by atoms with Crippen LogP contribution in [0, 0.1) is 0 Å². The van der Waals surface area contributed by atoms with Crippen molar-refractivity contribution in [2.75, 3.05) is 26.0 Å². The Bertz CT molecular complexity index is 648. The molecule has 5 nitrogen and oxygen atoms in total. The van der Waals surface area contributed by atoms with Crippen LogP contribution in [0.25, 0.3) is 0 Å². The van der Waals surface area contributed by atoms with Crippen molar-refractivity contribution >= 4 is 21.6 Å². The Morgan fingerprint density at radius 2 is 1.96 bits per heavy atom. The van der Waals surface area contributed by atoms with Gasteiger partial charge in [0.05, 0.1) is 11.5 Å². The van der Waals surface area contributed by atoms with Crippen molar-refractivity contribution in [1.29, 1.82) is 0 Å². The molecule has 0 spiro atoms. The molecule has 2 fully saturated rings. The lowest BCUT2D eigenvalue weighted by Crippen LogP contribution is -2.51. The average molecular weight is 371 g/mol. The van der Waals surface area contributed by atoms with E-state index in [2.05, 4.69) is 17.6 Å². The molecule has 24 heavy (non-hydrogen) atoms. The monoisotopic (exact) mass is 370 g/mol. The van der Waals surface area contributed by atoms with E-state index in [0.717, 1.165) is 30.5 Å². The van der Waals surface area contributed by atoms with Gasteiger partial charge in [-0.25, -0.2) is 8.42 Å². The molecule has 134 valence electrons. The van der Waals surface area contributed by atoms with Gasteiger partial charge in [0, 0.05) is 35.9 Å². The highest BCUT2D eigenvalue weighted by molar-refractivity contribution is 8.00. The van der Waals surface area contributed by atoms with Crippen LogP contribution in [-0.4, -0.2) is 51.1 Å². The Kier molecular flexibility index (Phi) is 5.87. The highest BCUT2D eigenvalue weighted by Gasteiger charge is 2.26. The summed E-state index contributed by atoms with van der Waals surface area (Å²) in [5, 5.41) is 8.27. The molecule has 2 saturated heterocycles. The molecule has 1 aromatic carbocycles. The molecule has 0 aliphatic carbocycles. The third-order valence-electron chi connectivity index (χ3n) is 4.58. The number of ether oxygens (including phenoxy) is 1. The van der Waals surface area contributed by atoms with E-state index in [9.17, 15) is 8.42 Å². The van der Waals surface area contributed by atoms with E-state index in [1.165, 1.54) is 19.1 Å². The second-order valence-electron chi connectivity index (χ2n) is 6.69. The quantitative estimate of drug-likeness (QED) is 0.826. The van der Waals surface area contributed by atoms with E-state index in [-0.39, 0.29) is 12.3 Å². The van der Waals surface area contributed by atoms with Gasteiger partial charge in [-0.05, 0) is 30.5 Å². The van der Waals surface area contributed by atoms with Gasteiger partial charge in [-0.3, -0.25) is 5.32 Å². The molecule has 2 aliphatic rings. The SMILES string of the molecule is CC1CCC(COC2CNCC(c3ccc(S(C)(=O)=O)cc3)N2)S1. The fourth-order valence-corrected chi connectivity index (χ4v) is 5.19. The van der Waals surface area contributed by atoms with Gasteiger partial charge in [0.15, 0.2) is 9.84 Å². The Morgan fingerprint density at radius 1 is 1.21 bits per heavy atom. The summed E-state index contributed by atoms with van der Waals surface area (Å²) in [7, 11) is -3.15. The first-order chi connectivity index (χ1) is 11.4. The molecule has 2 aliphatic heterocycles. The molecule has 2 N–H and O–H groups in total. The van der Waals surface area contributed by atoms with Gasteiger partial charge in [0.1, 0.15) is 6.23 Å². The summed E-state index contributed by atoms with van der Waals surface area (Å²) in [6, 6.07) is 7.24. The van der Waals surface area contributed by atoms with E-state index in [1.54, 1.807) is 12.1 Å². The van der Waals surface area contributed by atoms with Gasteiger partial charge in [-0.1, -0.05) is 19.1 Å². The van der Waals surface area contributed by atoms with E-state index in [4.69, 9.17) is 4.74 Å². The van der Waals surface area contributed by atoms with Crippen molar-refractivity contribution in [3.05, 3.63) is 29.8 Å². The zero-order valence-corrected chi connectivity index (χ0v) is 15.8. The summed E-state index contributed by atoms with van der Waals surface area (Å²) < 4.78 is 29.2. The van der Waals surface area contributed by atoms with Gasteiger partial charge < -0.3 is 10.1 Å². The predicted molar refractivity (Wildman–Crippen MR) is 98.1 cm³/mol. The van der Waals surface area contributed by atoms with Crippen molar-refractivity contribution in [1.82, 2.24) is 10.6 Å². The molecule has 0 aromatic heterocycles. The maximum Gasteiger partial charge on any atom is 0.175 e. The molecule has 0 bridgehead atoms. The molecule has 2 heterocycles. The number of thioether (sulfide) groups is 1. The third-order valence-corrected chi connectivity index (χ3v) is 7.16. The van der Waals surface area contributed by atoms with Crippen molar-refractivity contribution in [3.8, 4) is 0 Å². The van der Waals surface area contributed by atoms with Gasteiger partial charge in [-0.15, -0.1) is 0 Å². The van der Waals surface area contributed by atoms with E-state index in [0.29, 0.717) is 10.1 Å². The minimum absolute atomic E-state index is 0.00478. The maximum atomic E-state index is 11.6. The predicted octanol–water partition coefficient (Wildman–Crippen LogP) is 1.95. The number of piperazine rings is 1. The van der Waals surface area contributed by atoms with Crippen LogP contribution in [0.1, 0.15) is 31.4 Å². The van der Waals surface area contributed by atoms with Crippen LogP contribution in [0.3, 0.4) is 0 Å². The molecule has 4 unspecified atom stereocenters. The van der Waals surface area contributed by atoms with Crippen LogP contribution >= 0.6 is 11.8 Å². The third kappa shape index (κ3) is 4.73. The number of hydrogen-bond donors (Lipinski definition) is 2. The molecule has 7 heteroatoms. The fraction of sp³-hybridized carbons (Fsp3) is 0.647. The minimum atomic E-state index is -3.15. The first-order valence-corrected chi connectivity index (χ1v) is 11.3. The van der Waals surface area contributed by atoms with Gasteiger partial charge in [0.25, 0.3) is 0 Å². The molecule has 0 saturated carbocycles. The summed E-state index contributed by atoms with van der Waals surface area (Å²) in [6.07, 6.45) is 3.75. The molecule has 0 radical (unpaired) electrons. The van der Waals surface area contributed by atoms with Crippen molar-refractivity contribution < 1.29 is 13.2 Å². The van der Waals surface area contributed by atoms with Crippen LogP contribution < -0.4 is 10.6 Å². The first-order valence-electron chi connectivity index (χ1n) is 8.45. The van der Waals surface area contributed by atoms with Crippen LogP contribution in [0.4, 0.5) is 0 Å². The topological polar surface area (TPSA) is 67.4 Å². The largest absolute Gasteiger partial charge is 0.361 e. The lowest BCUT2D eigenvalue weighted by molar-refractivity contribution is 0.00956. The van der Waals surface area contributed by atoms with Crippen LogP contribution in [-0.2, 0) is 14.6 Å². The Morgan fingerprint density at radius 3 is 2.58 bits per heavy atom.